The summed E-state index contributed by atoms with van der Waals surface area (Å²) in [6, 6.07) is 9.67. The number of anilines is 2. The van der Waals surface area contributed by atoms with Crippen LogP contribution < -0.4 is 20.1 Å². The van der Waals surface area contributed by atoms with E-state index in [1.807, 2.05) is 17.0 Å². The van der Waals surface area contributed by atoms with E-state index in [4.69, 9.17) is 4.74 Å². The van der Waals surface area contributed by atoms with Crippen LogP contribution in [0.25, 0.3) is 0 Å². The number of rotatable bonds is 4. The summed E-state index contributed by atoms with van der Waals surface area (Å²) in [7, 11) is 3.31. The number of aryl methyl sites for hydroxylation is 1. The van der Waals surface area contributed by atoms with Gasteiger partial charge in [0.15, 0.2) is 0 Å². The van der Waals surface area contributed by atoms with Crippen molar-refractivity contribution < 1.29 is 9.53 Å². The second-order valence-electron chi connectivity index (χ2n) is 7.97. The molecular weight excluding hydrogens is 382 g/mol. The molecule has 2 saturated heterocycles. The normalized spacial score (nSPS) is 19.7. The monoisotopic (exact) mass is 411 g/mol. The van der Waals surface area contributed by atoms with Crippen LogP contribution in [0.2, 0.25) is 0 Å². The summed E-state index contributed by atoms with van der Waals surface area (Å²) in [6.45, 7) is 4.61. The first-order valence-electron chi connectivity index (χ1n) is 10.5. The third kappa shape index (κ3) is 4.27. The molecular formula is C22H29N5O3. The van der Waals surface area contributed by atoms with E-state index in [0.717, 1.165) is 62.7 Å². The Bertz CT molecular complexity index is 935. The Labute approximate surface area is 176 Å². The Morgan fingerprint density at radius 3 is 2.43 bits per heavy atom. The fourth-order valence-electron chi connectivity index (χ4n) is 4.28. The number of ether oxygens (including phenoxy) is 1. The molecule has 0 bridgehead atoms. The van der Waals surface area contributed by atoms with Crippen LogP contribution >= 0.6 is 0 Å². The van der Waals surface area contributed by atoms with Crippen LogP contribution in [0.3, 0.4) is 0 Å². The number of amides is 1. The van der Waals surface area contributed by atoms with Gasteiger partial charge in [0, 0.05) is 58.1 Å². The Hall–Kier alpha value is -3.03. The molecule has 160 valence electrons. The van der Waals surface area contributed by atoms with Gasteiger partial charge < -0.3 is 19.4 Å². The highest BCUT2D eigenvalue weighted by atomic mass is 16.5. The van der Waals surface area contributed by atoms with Gasteiger partial charge in [-0.15, -0.1) is 0 Å². The summed E-state index contributed by atoms with van der Waals surface area (Å²) >= 11 is 0. The van der Waals surface area contributed by atoms with Gasteiger partial charge in [-0.05, 0) is 37.1 Å². The van der Waals surface area contributed by atoms with Crippen LogP contribution in [0, 0.1) is 5.92 Å². The van der Waals surface area contributed by atoms with E-state index in [2.05, 4.69) is 27.0 Å². The lowest BCUT2D eigenvalue weighted by Gasteiger charge is -2.40. The predicted molar refractivity (Wildman–Crippen MR) is 116 cm³/mol. The minimum absolute atomic E-state index is 0.0321. The molecule has 1 aromatic carbocycles. The molecule has 30 heavy (non-hydrogen) atoms. The molecule has 0 spiro atoms. The van der Waals surface area contributed by atoms with E-state index < -0.39 is 0 Å². The molecule has 2 aliphatic rings. The van der Waals surface area contributed by atoms with E-state index >= 15 is 0 Å². The number of carbonyl (C=O) groups is 1. The maximum Gasteiger partial charge on any atom is 0.268 e. The summed E-state index contributed by atoms with van der Waals surface area (Å²) in [5.74, 6) is 1.04. The summed E-state index contributed by atoms with van der Waals surface area (Å²) in [4.78, 5) is 31.5. The zero-order valence-electron chi connectivity index (χ0n) is 17.7. The molecule has 4 rings (SSSR count). The van der Waals surface area contributed by atoms with Crippen LogP contribution in [-0.2, 0) is 11.8 Å². The highest BCUT2D eigenvalue weighted by molar-refractivity contribution is 5.80. The van der Waals surface area contributed by atoms with E-state index in [1.54, 1.807) is 26.4 Å². The van der Waals surface area contributed by atoms with Crippen LogP contribution in [0.15, 0.2) is 41.3 Å². The molecule has 1 unspecified atom stereocenters. The van der Waals surface area contributed by atoms with Gasteiger partial charge in [-0.25, -0.2) is 4.68 Å². The van der Waals surface area contributed by atoms with Crippen molar-refractivity contribution in [1.29, 1.82) is 0 Å². The molecule has 0 saturated carbocycles. The Balaban J connectivity index is 1.35. The summed E-state index contributed by atoms with van der Waals surface area (Å²) in [5.41, 5.74) is 1.83. The average molecular weight is 412 g/mol. The third-order valence-electron chi connectivity index (χ3n) is 6.12. The number of methoxy groups -OCH3 is 1. The fourth-order valence-corrected chi connectivity index (χ4v) is 4.28. The topological polar surface area (TPSA) is 70.9 Å². The number of aromatic nitrogens is 2. The molecule has 3 heterocycles. The van der Waals surface area contributed by atoms with Crippen molar-refractivity contribution >= 4 is 17.3 Å². The van der Waals surface area contributed by atoms with Gasteiger partial charge in [-0.1, -0.05) is 0 Å². The quantitative estimate of drug-likeness (QED) is 0.757. The number of piperidine rings is 1. The zero-order valence-corrected chi connectivity index (χ0v) is 17.7. The van der Waals surface area contributed by atoms with Gasteiger partial charge in [0.05, 0.1) is 24.9 Å². The van der Waals surface area contributed by atoms with Crippen molar-refractivity contribution in [2.75, 3.05) is 56.2 Å². The molecule has 0 radical (unpaired) electrons. The molecule has 1 aromatic heterocycles. The lowest BCUT2D eigenvalue weighted by atomic mass is 9.96. The number of hydrogen-bond donors (Lipinski definition) is 0. The molecule has 2 fully saturated rings. The van der Waals surface area contributed by atoms with Gasteiger partial charge >= 0.3 is 0 Å². The van der Waals surface area contributed by atoms with Gasteiger partial charge in [-0.3, -0.25) is 9.59 Å². The van der Waals surface area contributed by atoms with Crippen LogP contribution in [0.4, 0.5) is 11.4 Å². The average Bonchev–Trinajstić information content (AvgIpc) is 2.80. The molecule has 0 N–H and O–H groups in total. The lowest BCUT2D eigenvalue weighted by molar-refractivity contribution is -0.136. The number of piperazine rings is 1. The Kier molecular flexibility index (Phi) is 5.92. The van der Waals surface area contributed by atoms with E-state index in [-0.39, 0.29) is 17.4 Å². The minimum atomic E-state index is -0.129. The van der Waals surface area contributed by atoms with Crippen molar-refractivity contribution in [1.82, 2.24) is 14.7 Å². The molecule has 2 aliphatic heterocycles. The number of benzene rings is 1. The molecule has 1 amide bonds. The third-order valence-corrected chi connectivity index (χ3v) is 6.12. The second kappa shape index (κ2) is 8.77. The van der Waals surface area contributed by atoms with Gasteiger partial charge in [0.25, 0.3) is 5.56 Å². The molecule has 2 aromatic rings. The number of hydrogen-bond acceptors (Lipinski definition) is 6. The van der Waals surface area contributed by atoms with Crippen molar-refractivity contribution in [3.8, 4) is 5.75 Å². The lowest BCUT2D eigenvalue weighted by Crippen LogP contribution is -2.52. The van der Waals surface area contributed by atoms with Crippen molar-refractivity contribution in [3.63, 3.8) is 0 Å². The van der Waals surface area contributed by atoms with E-state index in [9.17, 15) is 9.59 Å². The minimum Gasteiger partial charge on any atom is -0.497 e. The second-order valence-corrected chi connectivity index (χ2v) is 7.97. The SMILES string of the molecule is COc1ccc(N2CCN(C(=O)C3CCCN(c4cnn(C)c(=O)c4)C3)CC2)cc1. The maximum atomic E-state index is 13.2. The van der Waals surface area contributed by atoms with Crippen molar-refractivity contribution in [3.05, 3.63) is 46.9 Å². The number of carbonyl (C=O) groups excluding carboxylic acids is 1. The molecule has 0 aliphatic carbocycles. The summed E-state index contributed by atoms with van der Waals surface area (Å²) < 4.78 is 6.55. The highest BCUT2D eigenvalue weighted by Gasteiger charge is 2.31. The van der Waals surface area contributed by atoms with Crippen LogP contribution in [-0.4, -0.2) is 67.0 Å². The molecule has 8 heteroatoms. The maximum absolute atomic E-state index is 13.2. The van der Waals surface area contributed by atoms with E-state index in [0.29, 0.717) is 6.54 Å². The van der Waals surface area contributed by atoms with Gasteiger partial charge in [0.2, 0.25) is 5.91 Å². The van der Waals surface area contributed by atoms with Gasteiger partial charge in [0.1, 0.15) is 5.75 Å². The Morgan fingerprint density at radius 1 is 1.03 bits per heavy atom. The first-order chi connectivity index (χ1) is 14.5. The van der Waals surface area contributed by atoms with Crippen molar-refractivity contribution in [2.45, 2.75) is 12.8 Å². The molecule has 1 atom stereocenters. The van der Waals surface area contributed by atoms with Gasteiger partial charge in [-0.2, -0.15) is 5.10 Å². The number of nitrogens with zero attached hydrogens (tertiary/aromatic N) is 5. The largest absolute Gasteiger partial charge is 0.497 e. The summed E-state index contributed by atoms with van der Waals surface area (Å²) in [6.07, 6.45) is 3.55. The van der Waals surface area contributed by atoms with Crippen LogP contribution in [0.1, 0.15) is 12.8 Å². The standard InChI is InChI=1S/C22H29N5O3/c1-24-21(28)14-19(15-23-24)27-9-3-4-17(16-27)22(29)26-12-10-25(11-13-26)18-5-7-20(30-2)8-6-18/h5-8,14-15,17H,3-4,9-13,16H2,1-2H3. The fraction of sp³-hybridized carbons (Fsp3) is 0.500. The smallest absolute Gasteiger partial charge is 0.268 e. The first kappa shape index (κ1) is 20.3. The highest BCUT2D eigenvalue weighted by Crippen LogP contribution is 2.25. The Morgan fingerprint density at radius 2 is 1.77 bits per heavy atom. The first-order valence-corrected chi connectivity index (χ1v) is 10.5. The van der Waals surface area contributed by atoms with Crippen molar-refractivity contribution in [2.24, 2.45) is 13.0 Å². The summed E-state index contributed by atoms with van der Waals surface area (Å²) in [5, 5.41) is 4.12. The van der Waals surface area contributed by atoms with Crippen LogP contribution in [0.5, 0.6) is 5.75 Å². The van der Waals surface area contributed by atoms with E-state index in [1.165, 1.54) is 4.68 Å². The molecule has 8 nitrogen and oxygen atoms in total. The predicted octanol–water partition coefficient (Wildman–Crippen LogP) is 1.35. The zero-order chi connectivity index (χ0) is 21.1.